The standard InChI is InChI=1S/C19H17ClN4O3S/c1-12-15(20)6-7-16-17(12)21-19(28-16)23-10-8-22(9-11-23)18(25)13-2-4-14(5-3-13)24(26)27/h2-7H,8-11H2,1H3. The third kappa shape index (κ3) is 3.41. The van der Waals surface area contributed by atoms with Crippen LogP contribution in [0.15, 0.2) is 36.4 Å². The van der Waals surface area contributed by atoms with Gasteiger partial charge in [0.25, 0.3) is 11.6 Å². The van der Waals surface area contributed by atoms with Crippen molar-refractivity contribution in [3.63, 3.8) is 0 Å². The minimum atomic E-state index is -0.472. The molecule has 9 heteroatoms. The molecular formula is C19H17ClN4O3S. The zero-order valence-electron chi connectivity index (χ0n) is 15.1. The van der Waals surface area contributed by atoms with E-state index < -0.39 is 4.92 Å². The molecule has 1 amide bonds. The number of nitro benzene ring substituents is 1. The van der Waals surface area contributed by atoms with Gasteiger partial charge in [-0.05, 0) is 36.8 Å². The predicted octanol–water partition coefficient (Wildman–Crippen LogP) is 4.13. The van der Waals surface area contributed by atoms with Gasteiger partial charge in [-0.3, -0.25) is 14.9 Å². The minimum absolute atomic E-state index is 0.0207. The van der Waals surface area contributed by atoms with Crippen molar-refractivity contribution in [2.75, 3.05) is 31.1 Å². The number of carbonyl (C=O) groups is 1. The Labute approximate surface area is 170 Å². The lowest BCUT2D eigenvalue weighted by Gasteiger charge is -2.34. The second-order valence-electron chi connectivity index (χ2n) is 6.60. The molecule has 1 aliphatic rings. The quantitative estimate of drug-likeness (QED) is 0.473. The number of hydrogen-bond donors (Lipinski definition) is 0. The van der Waals surface area contributed by atoms with Crippen molar-refractivity contribution in [2.45, 2.75) is 6.92 Å². The Morgan fingerprint density at radius 2 is 1.82 bits per heavy atom. The van der Waals surface area contributed by atoms with Gasteiger partial charge >= 0.3 is 0 Å². The summed E-state index contributed by atoms with van der Waals surface area (Å²) in [5.74, 6) is -0.110. The number of anilines is 1. The summed E-state index contributed by atoms with van der Waals surface area (Å²) in [5, 5.41) is 12.4. The summed E-state index contributed by atoms with van der Waals surface area (Å²) in [5.41, 5.74) is 2.35. The first-order chi connectivity index (χ1) is 13.4. The second kappa shape index (κ2) is 7.37. The van der Waals surface area contributed by atoms with Crippen LogP contribution in [-0.2, 0) is 0 Å². The van der Waals surface area contributed by atoms with Gasteiger partial charge in [0.15, 0.2) is 5.13 Å². The van der Waals surface area contributed by atoms with E-state index in [0.717, 1.165) is 20.9 Å². The number of carbonyl (C=O) groups excluding carboxylic acids is 1. The molecule has 0 bridgehead atoms. The molecule has 0 saturated carbocycles. The molecule has 1 fully saturated rings. The molecule has 28 heavy (non-hydrogen) atoms. The molecule has 1 aromatic heterocycles. The van der Waals surface area contributed by atoms with Crippen LogP contribution < -0.4 is 4.90 Å². The Morgan fingerprint density at radius 1 is 1.14 bits per heavy atom. The smallest absolute Gasteiger partial charge is 0.269 e. The third-order valence-electron chi connectivity index (χ3n) is 4.90. The summed E-state index contributed by atoms with van der Waals surface area (Å²) in [6.45, 7) is 4.49. The lowest BCUT2D eigenvalue weighted by Crippen LogP contribution is -2.48. The number of non-ortho nitro benzene ring substituents is 1. The highest BCUT2D eigenvalue weighted by Crippen LogP contribution is 2.33. The van der Waals surface area contributed by atoms with Crippen LogP contribution in [0.1, 0.15) is 15.9 Å². The SMILES string of the molecule is Cc1c(Cl)ccc2sc(N3CCN(C(=O)c4ccc([N+](=O)[O-])cc4)CC3)nc12. The number of piperazine rings is 1. The van der Waals surface area contributed by atoms with Crippen molar-refractivity contribution < 1.29 is 9.72 Å². The van der Waals surface area contributed by atoms with Crippen LogP contribution in [-0.4, -0.2) is 46.9 Å². The van der Waals surface area contributed by atoms with Crippen LogP contribution in [0.2, 0.25) is 5.02 Å². The van der Waals surface area contributed by atoms with E-state index >= 15 is 0 Å². The number of fused-ring (bicyclic) bond motifs is 1. The van der Waals surface area contributed by atoms with Crippen molar-refractivity contribution in [1.82, 2.24) is 9.88 Å². The number of aromatic nitrogens is 1. The Bertz CT molecular complexity index is 1060. The van der Waals surface area contributed by atoms with Crippen LogP contribution in [0.4, 0.5) is 10.8 Å². The van der Waals surface area contributed by atoms with E-state index in [2.05, 4.69) is 4.90 Å². The highest BCUT2D eigenvalue weighted by atomic mass is 35.5. The van der Waals surface area contributed by atoms with Crippen LogP contribution in [0, 0.1) is 17.0 Å². The van der Waals surface area contributed by atoms with Crippen molar-refractivity contribution in [3.05, 3.63) is 62.7 Å². The molecule has 7 nitrogen and oxygen atoms in total. The third-order valence-corrected chi connectivity index (χ3v) is 6.39. The zero-order chi connectivity index (χ0) is 19.8. The molecule has 1 saturated heterocycles. The number of benzene rings is 2. The van der Waals surface area contributed by atoms with Crippen molar-refractivity contribution >= 4 is 49.9 Å². The van der Waals surface area contributed by atoms with Crippen molar-refractivity contribution in [2.24, 2.45) is 0 Å². The van der Waals surface area contributed by atoms with Crippen LogP contribution >= 0.6 is 22.9 Å². The van der Waals surface area contributed by atoms with E-state index in [1.54, 1.807) is 16.2 Å². The van der Waals surface area contributed by atoms with E-state index in [0.29, 0.717) is 36.8 Å². The van der Waals surface area contributed by atoms with E-state index in [1.807, 2.05) is 19.1 Å². The number of rotatable bonds is 3. The summed E-state index contributed by atoms with van der Waals surface area (Å²) in [4.78, 5) is 31.6. The highest BCUT2D eigenvalue weighted by Gasteiger charge is 2.24. The number of nitrogens with zero attached hydrogens (tertiary/aromatic N) is 4. The molecule has 144 valence electrons. The number of halogens is 1. The fourth-order valence-corrected chi connectivity index (χ4v) is 4.46. The Morgan fingerprint density at radius 3 is 2.46 bits per heavy atom. The Kier molecular flexibility index (Phi) is 4.91. The van der Waals surface area contributed by atoms with Crippen molar-refractivity contribution in [1.29, 1.82) is 0 Å². The molecule has 0 unspecified atom stereocenters. The molecule has 2 heterocycles. The van der Waals surface area contributed by atoms with Gasteiger partial charge in [0.2, 0.25) is 0 Å². The average molecular weight is 417 g/mol. The maximum Gasteiger partial charge on any atom is 0.269 e. The molecular weight excluding hydrogens is 400 g/mol. The molecule has 0 aliphatic carbocycles. The molecule has 0 atom stereocenters. The van der Waals surface area contributed by atoms with E-state index in [9.17, 15) is 14.9 Å². The number of aryl methyl sites for hydroxylation is 1. The fraction of sp³-hybridized carbons (Fsp3) is 0.263. The Balaban J connectivity index is 1.45. The summed E-state index contributed by atoms with van der Waals surface area (Å²) in [6.07, 6.45) is 0. The van der Waals surface area contributed by atoms with Gasteiger partial charge in [-0.2, -0.15) is 0 Å². The molecule has 0 radical (unpaired) electrons. The summed E-state index contributed by atoms with van der Waals surface area (Å²) >= 11 is 7.82. The molecule has 1 aliphatic heterocycles. The molecule has 4 rings (SSSR count). The highest BCUT2D eigenvalue weighted by molar-refractivity contribution is 7.22. The molecule has 0 N–H and O–H groups in total. The van der Waals surface area contributed by atoms with E-state index in [1.165, 1.54) is 24.3 Å². The van der Waals surface area contributed by atoms with Gasteiger partial charge in [0.05, 0.1) is 15.1 Å². The normalized spacial score (nSPS) is 14.5. The fourth-order valence-electron chi connectivity index (χ4n) is 3.23. The first-order valence-corrected chi connectivity index (χ1v) is 9.98. The lowest BCUT2D eigenvalue weighted by molar-refractivity contribution is -0.384. The van der Waals surface area contributed by atoms with Crippen molar-refractivity contribution in [3.8, 4) is 0 Å². The minimum Gasteiger partial charge on any atom is -0.345 e. The maximum atomic E-state index is 12.7. The van der Waals surface area contributed by atoms with Gasteiger partial charge in [-0.15, -0.1) is 0 Å². The predicted molar refractivity (Wildman–Crippen MR) is 111 cm³/mol. The zero-order valence-corrected chi connectivity index (χ0v) is 16.7. The largest absolute Gasteiger partial charge is 0.345 e. The number of nitro groups is 1. The first kappa shape index (κ1) is 18.6. The Hall–Kier alpha value is -2.71. The first-order valence-electron chi connectivity index (χ1n) is 8.78. The van der Waals surface area contributed by atoms with Crippen LogP contribution in [0.3, 0.4) is 0 Å². The van der Waals surface area contributed by atoms with Gasteiger partial charge in [-0.1, -0.05) is 22.9 Å². The lowest BCUT2D eigenvalue weighted by atomic mass is 10.1. The molecule has 0 spiro atoms. The number of hydrogen-bond acceptors (Lipinski definition) is 6. The van der Waals surface area contributed by atoms with Crippen LogP contribution in [0.5, 0.6) is 0 Å². The topological polar surface area (TPSA) is 79.6 Å². The van der Waals surface area contributed by atoms with Gasteiger partial charge in [0, 0.05) is 48.9 Å². The number of amides is 1. The average Bonchev–Trinajstić information content (AvgIpc) is 3.15. The molecule has 3 aromatic rings. The maximum absolute atomic E-state index is 12.7. The summed E-state index contributed by atoms with van der Waals surface area (Å²) in [7, 11) is 0. The summed E-state index contributed by atoms with van der Waals surface area (Å²) in [6, 6.07) is 9.61. The van der Waals surface area contributed by atoms with Gasteiger partial charge in [0.1, 0.15) is 0 Å². The second-order valence-corrected chi connectivity index (χ2v) is 8.02. The summed E-state index contributed by atoms with van der Waals surface area (Å²) < 4.78 is 1.10. The van der Waals surface area contributed by atoms with E-state index in [-0.39, 0.29) is 11.6 Å². The van der Waals surface area contributed by atoms with Gasteiger partial charge in [-0.25, -0.2) is 4.98 Å². The monoisotopic (exact) mass is 416 g/mol. The van der Waals surface area contributed by atoms with Gasteiger partial charge < -0.3 is 9.80 Å². The number of thiazole rings is 1. The van der Waals surface area contributed by atoms with E-state index in [4.69, 9.17) is 16.6 Å². The van der Waals surface area contributed by atoms with Crippen LogP contribution in [0.25, 0.3) is 10.2 Å². The molecule has 2 aromatic carbocycles.